The molecule has 0 aromatic carbocycles. The Morgan fingerprint density at radius 2 is 2.00 bits per heavy atom. The van der Waals surface area contributed by atoms with Gasteiger partial charge in [0.15, 0.2) is 0 Å². The molecule has 0 radical (unpaired) electrons. The molecule has 0 bridgehead atoms. The van der Waals surface area contributed by atoms with E-state index in [1.54, 1.807) is 0 Å². The molecule has 1 amide bonds. The van der Waals surface area contributed by atoms with Crippen molar-refractivity contribution in [2.24, 2.45) is 17.8 Å². The summed E-state index contributed by atoms with van der Waals surface area (Å²) in [4.78, 5) is 13.9. The number of nitrogens with zero attached hydrogens (tertiary/aromatic N) is 1. The summed E-state index contributed by atoms with van der Waals surface area (Å²) in [6.45, 7) is 4.02. The number of piperidine rings is 1. The molecular formula is C11H18ClNO. The van der Waals surface area contributed by atoms with Gasteiger partial charge in [0, 0.05) is 24.9 Å². The Labute approximate surface area is 90.6 Å². The molecule has 2 atom stereocenters. The van der Waals surface area contributed by atoms with Gasteiger partial charge in [0.05, 0.1) is 0 Å². The molecule has 0 aromatic rings. The smallest absolute Gasteiger partial charge is 0.225 e. The normalized spacial score (nSPS) is 33.1. The van der Waals surface area contributed by atoms with Gasteiger partial charge in [-0.15, -0.1) is 11.6 Å². The number of hydrogen-bond acceptors (Lipinski definition) is 1. The van der Waals surface area contributed by atoms with Crippen LogP contribution in [0.4, 0.5) is 0 Å². The van der Waals surface area contributed by atoms with Crippen molar-refractivity contribution in [3.05, 3.63) is 0 Å². The maximum atomic E-state index is 11.9. The molecule has 1 aliphatic heterocycles. The van der Waals surface area contributed by atoms with Crippen LogP contribution in [0.5, 0.6) is 0 Å². The number of carbonyl (C=O) groups is 1. The van der Waals surface area contributed by atoms with Crippen LogP contribution in [0, 0.1) is 17.8 Å². The fourth-order valence-electron chi connectivity index (χ4n) is 2.21. The Balaban J connectivity index is 1.80. The Kier molecular flexibility index (Phi) is 3.01. The highest BCUT2D eigenvalue weighted by Gasteiger charge is 2.41. The monoisotopic (exact) mass is 215 g/mol. The van der Waals surface area contributed by atoms with Crippen LogP contribution in [0.25, 0.3) is 0 Å². The van der Waals surface area contributed by atoms with Crippen LogP contribution in [0.1, 0.15) is 26.2 Å². The second-order valence-electron chi connectivity index (χ2n) is 4.74. The van der Waals surface area contributed by atoms with Crippen molar-refractivity contribution in [3.63, 3.8) is 0 Å². The molecule has 80 valence electrons. The van der Waals surface area contributed by atoms with Crippen LogP contribution in [0.15, 0.2) is 0 Å². The zero-order valence-electron chi connectivity index (χ0n) is 8.71. The molecule has 2 aliphatic rings. The first-order valence-electron chi connectivity index (χ1n) is 5.57. The van der Waals surface area contributed by atoms with E-state index in [0.717, 1.165) is 38.2 Å². The van der Waals surface area contributed by atoms with E-state index >= 15 is 0 Å². The Bertz CT molecular complexity index is 223. The van der Waals surface area contributed by atoms with Gasteiger partial charge in [-0.1, -0.05) is 6.92 Å². The predicted octanol–water partition coefficient (Wildman–Crippen LogP) is 2.12. The van der Waals surface area contributed by atoms with Gasteiger partial charge in [-0.2, -0.15) is 0 Å². The van der Waals surface area contributed by atoms with Gasteiger partial charge in [-0.05, 0) is 31.1 Å². The van der Waals surface area contributed by atoms with Crippen molar-refractivity contribution in [2.75, 3.05) is 19.0 Å². The number of halogens is 1. The summed E-state index contributed by atoms with van der Waals surface area (Å²) < 4.78 is 0. The van der Waals surface area contributed by atoms with Crippen LogP contribution < -0.4 is 0 Å². The molecule has 1 saturated heterocycles. The molecule has 2 unspecified atom stereocenters. The van der Waals surface area contributed by atoms with Gasteiger partial charge in [0.1, 0.15) is 0 Å². The number of likely N-dealkylation sites (tertiary alicyclic amines) is 1. The van der Waals surface area contributed by atoms with Gasteiger partial charge in [-0.25, -0.2) is 0 Å². The molecule has 1 aliphatic carbocycles. The minimum absolute atomic E-state index is 0.350. The fraction of sp³-hybridized carbons (Fsp3) is 0.909. The fourth-order valence-corrected chi connectivity index (χ4v) is 2.52. The van der Waals surface area contributed by atoms with Crippen molar-refractivity contribution >= 4 is 17.5 Å². The van der Waals surface area contributed by atoms with Gasteiger partial charge in [0.2, 0.25) is 5.91 Å². The van der Waals surface area contributed by atoms with Gasteiger partial charge in [0.25, 0.3) is 0 Å². The minimum atomic E-state index is 0.350. The lowest BCUT2D eigenvalue weighted by Crippen LogP contribution is -2.39. The van der Waals surface area contributed by atoms with Crippen LogP contribution in [-0.2, 0) is 4.79 Å². The summed E-state index contributed by atoms with van der Waals surface area (Å²) in [5, 5.41) is 0. The maximum absolute atomic E-state index is 11.9. The van der Waals surface area contributed by atoms with Crippen molar-refractivity contribution in [2.45, 2.75) is 26.2 Å². The molecule has 1 heterocycles. The first-order valence-corrected chi connectivity index (χ1v) is 6.10. The Hall–Kier alpha value is -0.240. The van der Waals surface area contributed by atoms with Crippen LogP contribution in [-0.4, -0.2) is 29.8 Å². The number of hydrogen-bond donors (Lipinski definition) is 0. The number of carbonyl (C=O) groups excluding carboxylic acids is 1. The second-order valence-corrected chi connectivity index (χ2v) is 5.05. The highest BCUT2D eigenvalue weighted by Crippen LogP contribution is 2.39. The number of alkyl halides is 1. The van der Waals surface area contributed by atoms with Crippen LogP contribution >= 0.6 is 11.6 Å². The lowest BCUT2D eigenvalue weighted by Gasteiger charge is -2.31. The summed E-state index contributed by atoms with van der Waals surface area (Å²) in [6.07, 6.45) is 3.29. The van der Waals surface area contributed by atoms with Crippen molar-refractivity contribution in [1.82, 2.24) is 4.90 Å². The van der Waals surface area contributed by atoms with Crippen molar-refractivity contribution < 1.29 is 4.79 Å². The van der Waals surface area contributed by atoms with Crippen LogP contribution in [0.2, 0.25) is 0 Å². The minimum Gasteiger partial charge on any atom is -0.342 e. The number of amides is 1. The zero-order valence-corrected chi connectivity index (χ0v) is 9.46. The van der Waals surface area contributed by atoms with E-state index in [4.69, 9.17) is 11.6 Å². The zero-order chi connectivity index (χ0) is 10.1. The molecule has 14 heavy (non-hydrogen) atoms. The van der Waals surface area contributed by atoms with E-state index in [2.05, 4.69) is 6.92 Å². The van der Waals surface area contributed by atoms with Gasteiger partial charge in [-0.3, -0.25) is 4.79 Å². The lowest BCUT2D eigenvalue weighted by molar-refractivity contribution is -0.134. The molecule has 0 aromatic heterocycles. The van der Waals surface area contributed by atoms with E-state index < -0.39 is 0 Å². The lowest BCUT2D eigenvalue weighted by atomic mass is 9.98. The molecule has 0 spiro atoms. The molecule has 0 N–H and O–H groups in total. The molecular weight excluding hydrogens is 198 g/mol. The first kappa shape index (κ1) is 10.3. The summed E-state index contributed by atoms with van der Waals surface area (Å²) in [5.74, 6) is 2.76. The molecule has 3 heteroatoms. The summed E-state index contributed by atoms with van der Waals surface area (Å²) >= 11 is 5.80. The standard InChI is InChI=1S/C11H18ClNO/c1-8-6-10(8)11(14)13-4-2-9(7-12)3-5-13/h8-10H,2-7H2,1H3. The maximum Gasteiger partial charge on any atom is 0.225 e. The van der Waals surface area contributed by atoms with Crippen molar-refractivity contribution in [1.29, 1.82) is 0 Å². The van der Waals surface area contributed by atoms with Gasteiger partial charge >= 0.3 is 0 Å². The number of rotatable bonds is 2. The van der Waals surface area contributed by atoms with Crippen LogP contribution in [0.3, 0.4) is 0 Å². The third kappa shape index (κ3) is 2.05. The SMILES string of the molecule is CC1CC1C(=O)N1CCC(CCl)CC1. The summed E-state index contributed by atoms with van der Waals surface area (Å²) in [7, 11) is 0. The third-order valence-electron chi connectivity index (χ3n) is 3.57. The average Bonchev–Trinajstić information content (AvgIpc) is 2.95. The van der Waals surface area contributed by atoms with Crippen molar-refractivity contribution in [3.8, 4) is 0 Å². The molecule has 1 saturated carbocycles. The highest BCUT2D eigenvalue weighted by atomic mass is 35.5. The Morgan fingerprint density at radius 3 is 2.43 bits per heavy atom. The molecule has 2 fully saturated rings. The predicted molar refractivity (Wildman–Crippen MR) is 57.3 cm³/mol. The molecule has 2 nitrogen and oxygen atoms in total. The van der Waals surface area contributed by atoms with E-state index in [1.165, 1.54) is 0 Å². The Morgan fingerprint density at radius 1 is 1.43 bits per heavy atom. The largest absolute Gasteiger partial charge is 0.342 e. The molecule has 2 rings (SSSR count). The summed E-state index contributed by atoms with van der Waals surface area (Å²) in [6, 6.07) is 0. The third-order valence-corrected chi connectivity index (χ3v) is 4.01. The van der Waals surface area contributed by atoms with E-state index in [0.29, 0.717) is 23.7 Å². The van der Waals surface area contributed by atoms with E-state index in [-0.39, 0.29) is 0 Å². The van der Waals surface area contributed by atoms with Gasteiger partial charge < -0.3 is 4.90 Å². The highest BCUT2D eigenvalue weighted by molar-refractivity contribution is 6.18. The quantitative estimate of drug-likeness (QED) is 0.647. The second kappa shape index (κ2) is 4.09. The average molecular weight is 216 g/mol. The topological polar surface area (TPSA) is 20.3 Å². The first-order chi connectivity index (χ1) is 6.72. The van der Waals surface area contributed by atoms with E-state index in [1.807, 2.05) is 4.90 Å². The summed E-state index contributed by atoms with van der Waals surface area (Å²) in [5.41, 5.74) is 0. The van der Waals surface area contributed by atoms with E-state index in [9.17, 15) is 4.79 Å².